The van der Waals surface area contributed by atoms with Crippen molar-refractivity contribution in [2.75, 3.05) is 33.4 Å². The van der Waals surface area contributed by atoms with Crippen molar-refractivity contribution < 1.29 is 19.1 Å². The number of hydrogen-bond donors (Lipinski definition) is 2. The summed E-state index contributed by atoms with van der Waals surface area (Å²) in [6.07, 6.45) is 0.933. The van der Waals surface area contributed by atoms with Crippen molar-refractivity contribution in [3.05, 3.63) is 29.8 Å². The average molecular weight is 308 g/mol. The maximum Gasteiger partial charge on any atom is 0.239 e. The molecule has 0 aliphatic rings. The zero-order valence-electron chi connectivity index (χ0n) is 13.2. The number of carbonyl (C=O) groups excluding carboxylic acids is 2. The Labute approximate surface area is 131 Å². The Morgan fingerprint density at radius 1 is 1.14 bits per heavy atom. The number of carbonyl (C=O) groups is 2. The van der Waals surface area contributed by atoms with Crippen molar-refractivity contribution in [1.29, 1.82) is 0 Å². The molecule has 6 nitrogen and oxygen atoms in total. The first-order chi connectivity index (χ1) is 10.6. The van der Waals surface area contributed by atoms with E-state index in [2.05, 4.69) is 10.6 Å². The molecule has 2 N–H and O–H groups in total. The summed E-state index contributed by atoms with van der Waals surface area (Å²) in [5.74, 6) is 0.425. The highest BCUT2D eigenvalue weighted by atomic mass is 16.5. The highest BCUT2D eigenvalue weighted by Gasteiger charge is 2.05. The van der Waals surface area contributed by atoms with Gasteiger partial charge in [-0.25, -0.2) is 0 Å². The molecular formula is C16H24N2O4. The summed E-state index contributed by atoms with van der Waals surface area (Å²) in [7, 11) is 1.56. The number of ether oxygens (including phenoxy) is 2. The highest BCUT2D eigenvalue weighted by molar-refractivity contribution is 5.84. The fourth-order valence-corrected chi connectivity index (χ4v) is 1.75. The third-order valence-electron chi connectivity index (χ3n) is 2.88. The number of benzene rings is 1. The van der Waals surface area contributed by atoms with E-state index in [0.717, 1.165) is 11.3 Å². The summed E-state index contributed by atoms with van der Waals surface area (Å²) in [5, 5.41) is 5.20. The minimum Gasteiger partial charge on any atom is -0.494 e. The van der Waals surface area contributed by atoms with Gasteiger partial charge in [-0.15, -0.1) is 0 Å². The van der Waals surface area contributed by atoms with Crippen molar-refractivity contribution in [2.24, 2.45) is 0 Å². The largest absolute Gasteiger partial charge is 0.494 e. The molecule has 1 aromatic carbocycles. The number of aryl methyl sites for hydroxylation is 1. The van der Waals surface area contributed by atoms with Crippen LogP contribution in [-0.2, 0) is 14.3 Å². The van der Waals surface area contributed by atoms with Crippen LogP contribution in [0.15, 0.2) is 24.3 Å². The van der Waals surface area contributed by atoms with E-state index >= 15 is 0 Å². The van der Waals surface area contributed by atoms with Gasteiger partial charge in [-0.1, -0.05) is 12.1 Å². The van der Waals surface area contributed by atoms with Gasteiger partial charge in [0.25, 0.3) is 0 Å². The molecular weight excluding hydrogens is 284 g/mol. The Morgan fingerprint density at radius 3 is 2.68 bits per heavy atom. The zero-order chi connectivity index (χ0) is 16.2. The van der Waals surface area contributed by atoms with Gasteiger partial charge in [0.1, 0.15) is 5.75 Å². The van der Waals surface area contributed by atoms with Crippen molar-refractivity contribution in [3.8, 4) is 5.75 Å². The molecule has 122 valence electrons. The van der Waals surface area contributed by atoms with Gasteiger partial charge in [0.05, 0.1) is 19.8 Å². The molecule has 1 aromatic rings. The van der Waals surface area contributed by atoms with Crippen LogP contribution in [-0.4, -0.2) is 45.2 Å². The van der Waals surface area contributed by atoms with Crippen LogP contribution in [0.1, 0.15) is 18.4 Å². The lowest BCUT2D eigenvalue weighted by atomic mass is 10.2. The molecule has 2 amide bonds. The molecule has 0 radical (unpaired) electrons. The lowest BCUT2D eigenvalue weighted by molar-refractivity contribution is -0.126. The molecule has 6 heteroatoms. The topological polar surface area (TPSA) is 76.7 Å². The molecule has 0 saturated heterocycles. The molecule has 0 saturated carbocycles. The second-order valence-electron chi connectivity index (χ2n) is 4.89. The lowest BCUT2D eigenvalue weighted by Gasteiger charge is -2.08. The van der Waals surface area contributed by atoms with E-state index in [1.807, 2.05) is 31.2 Å². The quantitative estimate of drug-likeness (QED) is 0.633. The lowest BCUT2D eigenvalue weighted by Crippen LogP contribution is -2.38. The van der Waals surface area contributed by atoms with Crippen LogP contribution in [0.3, 0.4) is 0 Å². The molecule has 0 heterocycles. The fraction of sp³-hybridized carbons (Fsp3) is 0.500. The molecule has 0 aliphatic heterocycles. The molecule has 0 unspecified atom stereocenters. The van der Waals surface area contributed by atoms with Crippen LogP contribution in [0.4, 0.5) is 0 Å². The summed E-state index contributed by atoms with van der Waals surface area (Å²) < 4.78 is 10.4. The van der Waals surface area contributed by atoms with Gasteiger partial charge in [0.15, 0.2) is 0 Å². The average Bonchev–Trinajstić information content (AvgIpc) is 2.50. The molecule has 22 heavy (non-hydrogen) atoms. The Hall–Kier alpha value is -2.08. The van der Waals surface area contributed by atoms with Crippen molar-refractivity contribution in [2.45, 2.75) is 19.8 Å². The predicted molar refractivity (Wildman–Crippen MR) is 83.8 cm³/mol. The Balaban J connectivity index is 2.07. The third-order valence-corrected chi connectivity index (χ3v) is 2.88. The molecule has 0 spiro atoms. The van der Waals surface area contributed by atoms with Crippen LogP contribution in [0.2, 0.25) is 0 Å². The van der Waals surface area contributed by atoms with E-state index in [-0.39, 0.29) is 18.4 Å². The molecule has 0 aliphatic carbocycles. The second kappa shape index (κ2) is 10.6. The Morgan fingerprint density at radius 2 is 1.95 bits per heavy atom. The van der Waals surface area contributed by atoms with Crippen molar-refractivity contribution in [1.82, 2.24) is 10.6 Å². The SMILES string of the molecule is COCCNC(=O)CNC(=O)CCCOc1cccc(C)c1. The first-order valence-electron chi connectivity index (χ1n) is 7.33. The summed E-state index contributed by atoms with van der Waals surface area (Å²) in [5.41, 5.74) is 1.13. The summed E-state index contributed by atoms with van der Waals surface area (Å²) in [6.45, 7) is 3.35. The number of nitrogens with one attached hydrogen (secondary N) is 2. The number of amides is 2. The predicted octanol–water partition coefficient (Wildman–Crippen LogP) is 1.03. The Bertz CT molecular complexity index is 477. The normalized spacial score (nSPS) is 10.1. The van der Waals surface area contributed by atoms with Gasteiger partial charge in [0.2, 0.25) is 11.8 Å². The van der Waals surface area contributed by atoms with Gasteiger partial charge in [-0.3, -0.25) is 9.59 Å². The van der Waals surface area contributed by atoms with E-state index < -0.39 is 0 Å². The molecule has 0 aromatic heterocycles. The number of methoxy groups -OCH3 is 1. The fourth-order valence-electron chi connectivity index (χ4n) is 1.75. The Kier molecular flexibility index (Phi) is 8.67. The first kappa shape index (κ1) is 18.0. The van der Waals surface area contributed by atoms with Crippen LogP contribution in [0, 0.1) is 6.92 Å². The maximum absolute atomic E-state index is 11.6. The smallest absolute Gasteiger partial charge is 0.239 e. The summed E-state index contributed by atoms with van der Waals surface area (Å²) >= 11 is 0. The van der Waals surface area contributed by atoms with Gasteiger partial charge in [-0.2, -0.15) is 0 Å². The first-order valence-corrected chi connectivity index (χ1v) is 7.33. The molecule has 0 fully saturated rings. The van der Waals surface area contributed by atoms with Gasteiger partial charge in [0, 0.05) is 20.1 Å². The van der Waals surface area contributed by atoms with E-state index in [1.54, 1.807) is 7.11 Å². The monoisotopic (exact) mass is 308 g/mol. The maximum atomic E-state index is 11.6. The summed E-state index contributed by atoms with van der Waals surface area (Å²) in [6, 6.07) is 7.76. The number of rotatable bonds is 10. The molecule has 0 atom stereocenters. The van der Waals surface area contributed by atoms with E-state index in [1.165, 1.54) is 0 Å². The van der Waals surface area contributed by atoms with Crippen molar-refractivity contribution in [3.63, 3.8) is 0 Å². The van der Waals surface area contributed by atoms with Crippen molar-refractivity contribution >= 4 is 11.8 Å². The molecule has 1 rings (SSSR count). The van der Waals surface area contributed by atoms with Gasteiger partial charge in [-0.05, 0) is 31.0 Å². The van der Waals surface area contributed by atoms with Gasteiger partial charge < -0.3 is 20.1 Å². The summed E-state index contributed by atoms with van der Waals surface area (Å²) in [4.78, 5) is 22.9. The van der Waals surface area contributed by atoms with Crippen LogP contribution in [0.25, 0.3) is 0 Å². The molecule has 0 bridgehead atoms. The van der Waals surface area contributed by atoms with E-state index in [9.17, 15) is 9.59 Å². The second-order valence-corrected chi connectivity index (χ2v) is 4.89. The zero-order valence-corrected chi connectivity index (χ0v) is 13.2. The number of hydrogen-bond acceptors (Lipinski definition) is 4. The van der Waals surface area contributed by atoms with E-state index in [0.29, 0.717) is 32.6 Å². The minimum absolute atomic E-state index is 0.0126. The van der Waals surface area contributed by atoms with Crippen LogP contribution >= 0.6 is 0 Å². The highest BCUT2D eigenvalue weighted by Crippen LogP contribution is 2.12. The van der Waals surface area contributed by atoms with E-state index in [4.69, 9.17) is 9.47 Å². The van der Waals surface area contributed by atoms with Gasteiger partial charge >= 0.3 is 0 Å². The third kappa shape index (κ3) is 8.26. The standard InChI is InChI=1S/C16H24N2O4/c1-13-5-3-6-14(11-13)22-9-4-7-15(19)18-12-16(20)17-8-10-21-2/h3,5-6,11H,4,7-10,12H2,1-2H3,(H,17,20)(H,18,19). The minimum atomic E-state index is -0.221. The van der Waals surface area contributed by atoms with Crippen LogP contribution < -0.4 is 15.4 Å². The van der Waals surface area contributed by atoms with Crippen LogP contribution in [0.5, 0.6) is 5.75 Å².